The molecule has 3 rings (SSSR count). The van der Waals surface area contributed by atoms with Gasteiger partial charge in [-0.3, -0.25) is 0 Å². The molecule has 1 atom stereocenters. The molecule has 0 saturated carbocycles. The lowest BCUT2D eigenvalue weighted by atomic mass is 9.97. The first-order chi connectivity index (χ1) is 10.6. The van der Waals surface area contributed by atoms with Crippen LogP contribution in [0, 0.1) is 0 Å². The van der Waals surface area contributed by atoms with E-state index >= 15 is 0 Å². The Hall–Kier alpha value is -1.85. The van der Waals surface area contributed by atoms with Gasteiger partial charge in [0, 0.05) is 5.56 Å². The van der Waals surface area contributed by atoms with E-state index in [2.05, 4.69) is 11.6 Å². The summed E-state index contributed by atoms with van der Waals surface area (Å²) in [6.45, 7) is 2.13. The van der Waals surface area contributed by atoms with Crippen LogP contribution in [-0.2, 0) is 10.3 Å². The van der Waals surface area contributed by atoms with Gasteiger partial charge in [0.15, 0.2) is 0 Å². The molecule has 22 heavy (non-hydrogen) atoms. The second-order valence-electron chi connectivity index (χ2n) is 5.40. The van der Waals surface area contributed by atoms with Crippen LogP contribution in [0.15, 0.2) is 48.6 Å². The van der Waals surface area contributed by atoms with Crippen LogP contribution in [0.25, 0.3) is 10.8 Å². The molecule has 116 valence electrons. The van der Waals surface area contributed by atoms with Gasteiger partial charge in [0.2, 0.25) is 0 Å². The van der Waals surface area contributed by atoms with Gasteiger partial charge in [0.05, 0.1) is 6.04 Å². The molecule has 1 N–H and O–H groups in total. The Balaban J connectivity index is 2.08. The molecule has 0 bridgehead atoms. The number of hydrogen-bond acceptors (Lipinski definition) is 3. The van der Waals surface area contributed by atoms with Crippen molar-refractivity contribution in [2.24, 2.45) is 0 Å². The molecular weight excluding hydrogens is 298 g/mol. The molecule has 0 amide bonds. The van der Waals surface area contributed by atoms with E-state index in [9.17, 15) is 8.42 Å². The second kappa shape index (κ2) is 6.10. The van der Waals surface area contributed by atoms with Crippen LogP contribution in [0.5, 0.6) is 5.75 Å². The summed E-state index contributed by atoms with van der Waals surface area (Å²) >= 11 is 0. The zero-order valence-corrected chi connectivity index (χ0v) is 13.3. The molecule has 0 fully saturated rings. The van der Waals surface area contributed by atoms with Crippen molar-refractivity contribution in [1.29, 1.82) is 0 Å². The molecule has 4 nitrogen and oxygen atoms in total. The summed E-state index contributed by atoms with van der Waals surface area (Å²) in [5.74, 6) is 0.405. The van der Waals surface area contributed by atoms with Gasteiger partial charge in [-0.15, -0.1) is 0 Å². The third kappa shape index (κ3) is 3.00. The number of nitrogens with one attached hydrogen (secondary N) is 1. The van der Waals surface area contributed by atoms with E-state index in [1.165, 1.54) is 0 Å². The first-order valence-corrected chi connectivity index (χ1v) is 8.91. The fourth-order valence-corrected chi connectivity index (χ4v) is 3.65. The van der Waals surface area contributed by atoms with Crippen LogP contribution >= 0.6 is 0 Å². The molecule has 0 saturated heterocycles. The van der Waals surface area contributed by atoms with Crippen molar-refractivity contribution in [1.82, 2.24) is 4.72 Å². The fraction of sp³-hybridized carbons (Fsp3) is 0.294. The Bertz CT molecular complexity index is 812. The van der Waals surface area contributed by atoms with Gasteiger partial charge in [0.25, 0.3) is 0 Å². The van der Waals surface area contributed by atoms with Gasteiger partial charge in [-0.25, -0.2) is 0 Å². The van der Waals surface area contributed by atoms with Gasteiger partial charge in [0.1, 0.15) is 5.75 Å². The van der Waals surface area contributed by atoms with Crippen molar-refractivity contribution in [3.8, 4) is 5.75 Å². The van der Waals surface area contributed by atoms with E-state index in [1.54, 1.807) is 6.07 Å². The van der Waals surface area contributed by atoms with Crippen LogP contribution in [0.3, 0.4) is 0 Å². The monoisotopic (exact) mass is 317 g/mol. The number of fused-ring (bicyclic) bond motifs is 3. The normalized spacial score (nSPS) is 20.0. The highest BCUT2D eigenvalue weighted by Crippen LogP contribution is 2.37. The summed E-state index contributed by atoms with van der Waals surface area (Å²) in [6, 6.07) is 11.1. The van der Waals surface area contributed by atoms with Crippen molar-refractivity contribution in [2.45, 2.75) is 32.2 Å². The Kier molecular flexibility index (Phi) is 4.18. The predicted octanol–water partition coefficient (Wildman–Crippen LogP) is 3.85. The molecule has 0 aromatic heterocycles. The molecule has 2 aromatic carbocycles. The average molecular weight is 317 g/mol. The summed E-state index contributed by atoms with van der Waals surface area (Å²) < 4.78 is 31.5. The largest absolute Gasteiger partial charge is 0.383 e. The molecule has 1 aliphatic heterocycles. The summed E-state index contributed by atoms with van der Waals surface area (Å²) in [6.07, 6.45) is 7.10. The fourth-order valence-electron chi connectivity index (χ4n) is 2.72. The van der Waals surface area contributed by atoms with E-state index < -0.39 is 16.3 Å². The summed E-state index contributed by atoms with van der Waals surface area (Å²) in [7, 11) is -3.76. The quantitative estimate of drug-likeness (QED) is 0.688. The number of rotatable bonds is 4. The van der Waals surface area contributed by atoms with Crippen molar-refractivity contribution in [3.05, 3.63) is 54.1 Å². The number of allylic oxidation sites excluding steroid dienone is 1. The SMILES string of the molecule is CCCC/C=C/[C@H]1NS(=O)(=O)Oc2ccc3ccccc3c21. The van der Waals surface area contributed by atoms with Gasteiger partial charge in [-0.1, -0.05) is 62.2 Å². The van der Waals surface area contributed by atoms with Gasteiger partial charge in [-0.05, 0) is 23.3 Å². The lowest BCUT2D eigenvalue weighted by Crippen LogP contribution is -2.36. The minimum Gasteiger partial charge on any atom is -0.370 e. The van der Waals surface area contributed by atoms with Gasteiger partial charge >= 0.3 is 10.3 Å². The maximum absolute atomic E-state index is 11.9. The van der Waals surface area contributed by atoms with Crippen molar-refractivity contribution in [3.63, 3.8) is 0 Å². The lowest BCUT2D eigenvalue weighted by molar-refractivity contribution is 0.445. The molecule has 0 radical (unpaired) electrons. The van der Waals surface area contributed by atoms with Crippen molar-refractivity contribution >= 4 is 21.1 Å². The summed E-state index contributed by atoms with van der Waals surface area (Å²) in [5, 5.41) is 2.07. The maximum atomic E-state index is 11.9. The molecule has 0 spiro atoms. The Morgan fingerprint density at radius 3 is 2.86 bits per heavy atom. The summed E-state index contributed by atoms with van der Waals surface area (Å²) in [4.78, 5) is 0. The number of hydrogen-bond donors (Lipinski definition) is 1. The van der Waals surface area contributed by atoms with Crippen LogP contribution < -0.4 is 8.91 Å². The highest BCUT2D eigenvalue weighted by Gasteiger charge is 2.30. The van der Waals surface area contributed by atoms with E-state index in [-0.39, 0.29) is 0 Å². The van der Waals surface area contributed by atoms with Crippen LogP contribution in [0.4, 0.5) is 0 Å². The lowest BCUT2D eigenvalue weighted by Gasteiger charge is -2.25. The minimum absolute atomic E-state index is 0.392. The molecule has 0 aliphatic carbocycles. The van der Waals surface area contributed by atoms with E-state index in [0.717, 1.165) is 35.6 Å². The average Bonchev–Trinajstić information content (AvgIpc) is 2.50. The molecule has 0 unspecified atom stereocenters. The predicted molar refractivity (Wildman–Crippen MR) is 88.0 cm³/mol. The number of benzene rings is 2. The summed E-state index contributed by atoms with van der Waals surface area (Å²) in [5.41, 5.74) is 0.876. The zero-order valence-electron chi connectivity index (χ0n) is 12.5. The van der Waals surface area contributed by atoms with Crippen LogP contribution in [0.1, 0.15) is 37.8 Å². The van der Waals surface area contributed by atoms with Crippen molar-refractivity contribution < 1.29 is 12.6 Å². The van der Waals surface area contributed by atoms with Crippen LogP contribution in [0.2, 0.25) is 0 Å². The van der Waals surface area contributed by atoms with E-state index in [4.69, 9.17) is 4.18 Å². The highest BCUT2D eigenvalue weighted by molar-refractivity contribution is 7.85. The zero-order chi connectivity index (χ0) is 15.6. The molecular formula is C17H19NO3S. The Labute approximate surface area is 131 Å². The second-order valence-corrected chi connectivity index (χ2v) is 6.71. The smallest absolute Gasteiger partial charge is 0.370 e. The number of unbranched alkanes of at least 4 members (excludes halogenated alkanes) is 2. The topological polar surface area (TPSA) is 55.4 Å². The van der Waals surface area contributed by atoms with Crippen molar-refractivity contribution in [2.75, 3.05) is 0 Å². The third-order valence-corrected chi connectivity index (χ3v) is 4.71. The van der Waals surface area contributed by atoms with Crippen LogP contribution in [-0.4, -0.2) is 8.42 Å². The Morgan fingerprint density at radius 1 is 1.23 bits per heavy atom. The standard InChI is InChI=1S/C17H19NO3S/c1-2-3-4-5-10-15-17-14-9-7-6-8-13(14)11-12-16(17)21-22(19,20)18-15/h5-12,15,18H,2-4H2,1H3/b10-5+/t15-/m1/s1. The minimum atomic E-state index is -3.76. The van der Waals surface area contributed by atoms with Gasteiger partial charge < -0.3 is 4.18 Å². The first-order valence-electron chi connectivity index (χ1n) is 7.51. The molecule has 5 heteroatoms. The Morgan fingerprint density at radius 2 is 2.05 bits per heavy atom. The molecule has 1 heterocycles. The van der Waals surface area contributed by atoms with E-state index in [0.29, 0.717) is 5.75 Å². The highest BCUT2D eigenvalue weighted by atomic mass is 32.2. The first kappa shape index (κ1) is 15.1. The van der Waals surface area contributed by atoms with E-state index in [1.807, 2.05) is 42.5 Å². The third-order valence-electron chi connectivity index (χ3n) is 3.77. The van der Waals surface area contributed by atoms with Gasteiger partial charge in [-0.2, -0.15) is 13.1 Å². The molecule has 2 aromatic rings. The molecule has 1 aliphatic rings. The maximum Gasteiger partial charge on any atom is 0.383 e.